The van der Waals surface area contributed by atoms with Crippen LogP contribution in [-0.4, -0.2) is 93.1 Å². The van der Waals surface area contributed by atoms with Crippen LogP contribution in [0.1, 0.15) is 127 Å². The molecule has 0 aromatic heterocycles. The first-order valence-electron chi connectivity index (χ1n) is 22.8. The molecule has 4 aliphatic carbocycles. The van der Waals surface area contributed by atoms with E-state index in [1.54, 1.807) is 24.3 Å². The van der Waals surface area contributed by atoms with E-state index in [2.05, 4.69) is 70.4 Å². The van der Waals surface area contributed by atoms with Gasteiger partial charge < -0.3 is 26.6 Å². The molecule has 3 aromatic carbocycles. The number of amides is 6. The average molecular weight is 890 g/mol. The van der Waals surface area contributed by atoms with Crippen molar-refractivity contribution in [3.05, 3.63) is 101 Å². The van der Waals surface area contributed by atoms with E-state index >= 15 is 9.59 Å². The van der Waals surface area contributed by atoms with Gasteiger partial charge in [-0.05, 0) is 97.0 Å². The first-order valence-corrected chi connectivity index (χ1v) is 22.8. The lowest BCUT2D eigenvalue weighted by Gasteiger charge is -2.56. The van der Waals surface area contributed by atoms with Crippen LogP contribution in [-0.2, 0) is 35.7 Å². The summed E-state index contributed by atoms with van der Waals surface area (Å²) in [6.45, 7) is 14.6. The van der Waals surface area contributed by atoms with Crippen LogP contribution in [0.3, 0.4) is 0 Å². The summed E-state index contributed by atoms with van der Waals surface area (Å²) in [7, 11) is 0. The second kappa shape index (κ2) is 16.0. The lowest BCUT2D eigenvalue weighted by molar-refractivity contribution is -0.150. The highest BCUT2D eigenvalue weighted by molar-refractivity contribution is 6.01. The number of likely N-dealkylation sites (tertiary alicyclic amines) is 2. The van der Waals surface area contributed by atoms with Crippen LogP contribution >= 0.6 is 0 Å². The van der Waals surface area contributed by atoms with E-state index in [4.69, 9.17) is 11.5 Å². The van der Waals surface area contributed by atoms with Gasteiger partial charge in [0.25, 0.3) is 11.8 Å². The molecule has 10 rings (SSSR count). The first kappa shape index (κ1) is 45.8. The Morgan fingerprint density at radius 1 is 0.569 bits per heavy atom. The zero-order valence-corrected chi connectivity index (χ0v) is 38.4. The Kier molecular flexibility index (Phi) is 11.2. The van der Waals surface area contributed by atoms with Gasteiger partial charge in [0.2, 0.25) is 11.8 Å². The molecule has 3 aromatic rings. The van der Waals surface area contributed by atoms with Gasteiger partial charge in [-0.1, -0.05) is 109 Å². The molecule has 346 valence electrons. The summed E-state index contributed by atoms with van der Waals surface area (Å²) < 4.78 is 0. The number of anilines is 1. The molecule has 4 bridgehead atoms. The molecule has 0 saturated carbocycles. The van der Waals surface area contributed by atoms with Crippen molar-refractivity contribution in [2.75, 3.05) is 18.0 Å². The normalized spacial score (nSPS) is 30.4. The minimum atomic E-state index is -1.66. The molecule has 15 heteroatoms. The van der Waals surface area contributed by atoms with Crippen molar-refractivity contribution in [3.8, 4) is 0 Å². The third-order valence-corrected chi connectivity index (χ3v) is 16.2. The van der Waals surface area contributed by atoms with E-state index in [1.807, 2.05) is 52.0 Å². The summed E-state index contributed by atoms with van der Waals surface area (Å²) in [5.74, 6) is -4.62. The zero-order valence-electron chi connectivity index (χ0n) is 38.4. The molecule has 3 heterocycles. The van der Waals surface area contributed by atoms with Gasteiger partial charge in [0, 0.05) is 40.7 Å². The molecule has 3 saturated heterocycles. The van der Waals surface area contributed by atoms with Gasteiger partial charge >= 0.3 is 12.2 Å². The Morgan fingerprint density at radius 3 is 1.26 bits per heavy atom. The number of carboxylic acid groups (broad SMARTS) is 2. The molecule has 3 fully saturated rings. The molecule has 65 heavy (non-hydrogen) atoms. The number of imide groups is 2. The number of nitrogens with two attached hydrogens (primary N) is 2. The molecule has 8 atom stereocenters. The van der Waals surface area contributed by atoms with Crippen LogP contribution in [0.4, 0.5) is 15.3 Å². The minimum absolute atomic E-state index is 0.143. The van der Waals surface area contributed by atoms with E-state index in [0.717, 1.165) is 11.3 Å². The Labute approximate surface area is 380 Å². The van der Waals surface area contributed by atoms with Crippen LogP contribution in [0.25, 0.3) is 0 Å². The maximum absolute atomic E-state index is 15.0. The monoisotopic (exact) mass is 889 g/mol. The molecular formula is C50H63N7O8. The van der Waals surface area contributed by atoms with Crippen molar-refractivity contribution >= 4 is 41.5 Å². The van der Waals surface area contributed by atoms with Gasteiger partial charge in [-0.2, -0.15) is 0 Å². The molecule has 6 amide bonds. The molecule has 8 N–H and O–H groups in total. The highest BCUT2D eigenvalue weighted by Crippen LogP contribution is 2.60. The molecule has 0 radical (unpaired) electrons. The minimum Gasteiger partial charge on any atom is -0.465 e. The van der Waals surface area contributed by atoms with Crippen LogP contribution in [0.2, 0.25) is 0 Å². The number of nitrogens with zero attached hydrogens (tertiary/aromatic N) is 3. The fourth-order valence-electron chi connectivity index (χ4n) is 13.8. The predicted molar refractivity (Wildman–Crippen MR) is 244 cm³/mol. The van der Waals surface area contributed by atoms with Gasteiger partial charge in [-0.3, -0.25) is 39.6 Å². The average Bonchev–Trinajstić information content (AvgIpc) is 3.94. The highest BCUT2D eigenvalue weighted by Gasteiger charge is 2.67. The Morgan fingerprint density at radius 2 is 0.938 bits per heavy atom. The van der Waals surface area contributed by atoms with E-state index in [-0.39, 0.29) is 29.6 Å². The largest absolute Gasteiger partial charge is 0.465 e. The van der Waals surface area contributed by atoms with Gasteiger partial charge in [0.15, 0.2) is 0 Å². The van der Waals surface area contributed by atoms with Crippen LogP contribution < -0.4 is 27.0 Å². The highest BCUT2D eigenvalue weighted by atomic mass is 16.4. The summed E-state index contributed by atoms with van der Waals surface area (Å²) >= 11 is 0. The summed E-state index contributed by atoms with van der Waals surface area (Å²) in [5.41, 5.74) is 10.9. The number of nitrogens with one attached hydrogen (secondary N) is 2. The van der Waals surface area contributed by atoms with Crippen molar-refractivity contribution in [1.29, 1.82) is 0 Å². The quantitative estimate of drug-likeness (QED) is 0.149. The van der Waals surface area contributed by atoms with Gasteiger partial charge in [-0.25, -0.2) is 9.59 Å². The van der Waals surface area contributed by atoms with Crippen LogP contribution in [0, 0.1) is 10.8 Å². The zero-order chi connectivity index (χ0) is 47.2. The van der Waals surface area contributed by atoms with E-state index in [1.165, 1.54) is 0 Å². The number of carbonyl (C=O) groups is 6. The summed E-state index contributed by atoms with van der Waals surface area (Å²) in [6.07, 6.45) is 0.985. The van der Waals surface area contributed by atoms with Crippen LogP contribution in [0.15, 0.2) is 72.8 Å². The van der Waals surface area contributed by atoms with Gasteiger partial charge in [0.1, 0.15) is 11.1 Å². The lowest BCUT2D eigenvalue weighted by Crippen LogP contribution is -2.70. The Hall–Kier alpha value is -5.80. The van der Waals surface area contributed by atoms with E-state index in [9.17, 15) is 29.4 Å². The van der Waals surface area contributed by atoms with Crippen molar-refractivity contribution in [2.45, 2.75) is 139 Å². The number of benzene rings is 3. The summed E-state index contributed by atoms with van der Waals surface area (Å²) in [5, 5.41) is 24.7. The number of hydrogen-bond acceptors (Lipinski definition) is 9. The van der Waals surface area contributed by atoms with Crippen LogP contribution in [0.5, 0.6) is 0 Å². The van der Waals surface area contributed by atoms with Crippen molar-refractivity contribution in [3.63, 3.8) is 0 Å². The van der Waals surface area contributed by atoms with Crippen molar-refractivity contribution < 1.29 is 39.0 Å². The second-order valence-corrected chi connectivity index (χ2v) is 21.0. The van der Waals surface area contributed by atoms with E-state index < -0.39 is 69.6 Å². The maximum Gasteiger partial charge on any atom is 0.411 e. The second-order valence-electron chi connectivity index (χ2n) is 21.0. The smallest absolute Gasteiger partial charge is 0.411 e. The molecular weight excluding hydrogens is 827 g/mol. The fourth-order valence-corrected chi connectivity index (χ4v) is 13.8. The Bertz CT molecular complexity index is 2270. The third-order valence-electron chi connectivity index (χ3n) is 16.2. The van der Waals surface area contributed by atoms with E-state index in [0.29, 0.717) is 73.9 Å². The molecule has 7 aliphatic rings. The fraction of sp³-hybridized carbons (Fsp3) is 0.520. The van der Waals surface area contributed by atoms with Gasteiger partial charge in [0.05, 0.1) is 11.8 Å². The summed E-state index contributed by atoms with van der Waals surface area (Å²) in [6, 6.07) is 21.8. The number of hydrogen-bond donors (Lipinski definition) is 6. The lowest BCUT2D eigenvalue weighted by atomic mass is 9.60. The van der Waals surface area contributed by atoms with Gasteiger partial charge in [-0.15, -0.1) is 0 Å². The summed E-state index contributed by atoms with van der Waals surface area (Å²) in [4.78, 5) is 88.8. The number of rotatable bonds is 9. The molecule has 3 aliphatic heterocycles. The number of primary amides is 2. The molecule has 6 unspecified atom stereocenters. The predicted octanol–water partition coefficient (Wildman–Crippen LogP) is 5.85. The first-order chi connectivity index (χ1) is 30.5. The molecule has 0 spiro atoms. The molecule has 15 nitrogen and oxygen atoms in total. The standard InChI is InChI=1S/C50H63N7O8/c1-46(2,3)30-20-22-33(23-21-30)57-36(34-10-8-26-55(34)49(42(60)53-44(62)63)31-16-12-28(13-17-31)38(40(51)58)47(49,4)5)24-25-37(57)35-11-9-27-56(35)50(43(61)54-45(64)65)32-18-14-29(15-19-32)39(41(52)59)48(50,6)7/h12-23,34-39H,8-11,24-27H2,1-7H3,(H2,51,58)(H2,52,59)(H,53,60)(H,54,61)(H,62,63)(H,64,65)/t34?,35?,36?,37?,38?,39?,49-,50-/m0/s1. The van der Waals surface area contributed by atoms with Crippen molar-refractivity contribution in [2.24, 2.45) is 22.3 Å². The maximum atomic E-state index is 15.0. The third kappa shape index (κ3) is 6.74. The Balaban J connectivity index is 1.30. The number of carbonyl (C=O) groups excluding carboxylic acids is 4. The van der Waals surface area contributed by atoms with Crippen molar-refractivity contribution in [1.82, 2.24) is 20.4 Å². The number of fused-ring (bicyclic) bond motifs is 8. The topological polar surface area (TPSA) is 229 Å². The SMILES string of the molecule is CC(C)(C)c1ccc(N2C(C3CCCN3[C@]3(C(=O)NC(=O)O)c4ccc(cc4)C(C(N)=O)C3(C)C)CCC2C2CCCN2[C@]2(C(=O)NC(=O)O)c3ccc(cc3)C(C(N)=O)C2(C)C)cc1.